The molecule has 3 rings (SSSR count). The first kappa shape index (κ1) is 15.6. The molecule has 1 saturated carbocycles. The molecule has 1 amide bonds. The van der Waals surface area contributed by atoms with Gasteiger partial charge in [-0.2, -0.15) is 0 Å². The Balaban J connectivity index is 1.54. The fraction of sp³-hybridized carbons (Fsp3) is 0.667. The van der Waals surface area contributed by atoms with Gasteiger partial charge < -0.3 is 9.73 Å². The van der Waals surface area contributed by atoms with E-state index in [-0.39, 0.29) is 23.0 Å². The quantitative estimate of drug-likeness (QED) is 0.856. The Hall–Kier alpha value is -1.34. The maximum Gasteiger partial charge on any atom is 0.224 e. The molecule has 1 aromatic rings. The number of hydrogen-bond acceptors (Lipinski definition) is 4. The number of furan rings is 1. The maximum absolute atomic E-state index is 12.2. The van der Waals surface area contributed by atoms with Crippen LogP contribution >= 0.6 is 0 Å². The highest BCUT2D eigenvalue weighted by molar-refractivity contribution is 7.89. The predicted molar refractivity (Wildman–Crippen MR) is 81.4 cm³/mol. The Morgan fingerprint density at radius 2 is 2.36 bits per heavy atom. The Morgan fingerprint density at radius 3 is 3.05 bits per heavy atom. The molecule has 0 unspecified atom stereocenters. The first-order valence-corrected chi connectivity index (χ1v) is 9.36. The lowest BCUT2D eigenvalue weighted by molar-refractivity contribution is -0.123. The molecule has 122 valence electrons. The molecule has 6 nitrogen and oxygen atoms in total. The van der Waals surface area contributed by atoms with Crippen molar-refractivity contribution in [2.45, 2.75) is 32.7 Å². The van der Waals surface area contributed by atoms with E-state index >= 15 is 0 Å². The summed E-state index contributed by atoms with van der Waals surface area (Å²) in [4.78, 5) is 12.2. The van der Waals surface area contributed by atoms with E-state index in [1.807, 2.05) is 13.0 Å². The maximum atomic E-state index is 12.2. The monoisotopic (exact) mass is 326 g/mol. The van der Waals surface area contributed by atoms with Gasteiger partial charge in [-0.25, -0.2) is 12.7 Å². The van der Waals surface area contributed by atoms with Crippen LogP contribution in [0.3, 0.4) is 0 Å². The van der Waals surface area contributed by atoms with Crippen molar-refractivity contribution in [2.75, 3.05) is 18.8 Å². The number of nitrogens with zero attached hydrogens (tertiary/aromatic N) is 1. The van der Waals surface area contributed by atoms with Crippen molar-refractivity contribution < 1.29 is 17.6 Å². The van der Waals surface area contributed by atoms with Crippen LogP contribution in [0.15, 0.2) is 22.8 Å². The summed E-state index contributed by atoms with van der Waals surface area (Å²) in [6.07, 6.45) is 3.77. The molecule has 1 aromatic heterocycles. The molecular formula is C15H22N2O4S. The third kappa shape index (κ3) is 2.92. The second-order valence-corrected chi connectivity index (χ2v) is 8.40. The number of sulfonamides is 1. The van der Waals surface area contributed by atoms with Gasteiger partial charge in [0.1, 0.15) is 5.76 Å². The number of carbonyl (C=O) groups is 1. The normalized spacial score (nSPS) is 28.1. The van der Waals surface area contributed by atoms with Gasteiger partial charge in [-0.3, -0.25) is 4.79 Å². The molecule has 1 saturated heterocycles. The number of rotatable bonds is 6. The molecule has 2 aliphatic rings. The van der Waals surface area contributed by atoms with Crippen molar-refractivity contribution >= 4 is 15.9 Å². The number of amides is 1. The van der Waals surface area contributed by atoms with E-state index in [1.54, 1.807) is 16.6 Å². The molecule has 2 heterocycles. The van der Waals surface area contributed by atoms with Gasteiger partial charge in [-0.15, -0.1) is 0 Å². The third-order valence-electron chi connectivity index (χ3n) is 4.73. The van der Waals surface area contributed by atoms with Gasteiger partial charge in [0.15, 0.2) is 0 Å². The lowest BCUT2D eigenvalue weighted by Crippen LogP contribution is -2.32. The summed E-state index contributed by atoms with van der Waals surface area (Å²) in [6, 6.07) is 3.60. The van der Waals surface area contributed by atoms with Crippen LogP contribution in [0.5, 0.6) is 0 Å². The van der Waals surface area contributed by atoms with Crippen LogP contribution < -0.4 is 5.32 Å². The van der Waals surface area contributed by atoms with Crippen LogP contribution in [0.2, 0.25) is 0 Å². The van der Waals surface area contributed by atoms with Gasteiger partial charge in [0.25, 0.3) is 0 Å². The van der Waals surface area contributed by atoms with E-state index in [0.29, 0.717) is 26.1 Å². The van der Waals surface area contributed by atoms with Crippen molar-refractivity contribution in [3.63, 3.8) is 0 Å². The molecule has 0 aromatic carbocycles. The zero-order valence-corrected chi connectivity index (χ0v) is 13.6. The minimum atomic E-state index is -3.15. The largest absolute Gasteiger partial charge is 0.467 e. The molecule has 1 spiro atoms. The van der Waals surface area contributed by atoms with Crippen molar-refractivity contribution in [1.82, 2.24) is 9.62 Å². The van der Waals surface area contributed by atoms with E-state index in [0.717, 1.165) is 18.6 Å². The lowest BCUT2D eigenvalue weighted by atomic mass is 10.0. The van der Waals surface area contributed by atoms with Crippen molar-refractivity contribution in [2.24, 2.45) is 11.3 Å². The van der Waals surface area contributed by atoms with Gasteiger partial charge in [-0.05, 0) is 36.8 Å². The number of carbonyl (C=O) groups excluding carboxylic acids is 1. The molecule has 0 radical (unpaired) electrons. The molecule has 1 aliphatic heterocycles. The molecule has 0 bridgehead atoms. The molecular weight excluding hydrogens is 304 g/mol. The smallest absolute Gasteiger partial charge is 0.224 e. The number of nitrogens with one attached hydrogen (secondary N) is 1. The van der Waals surface area contributed by atoms with E-state index < -0.39 is 10.0 Å². The van der Waals surface area contributed by atoms with Crippen LogP contribution in [0, 0.1) is 11.3 Å². The average molecular weight is 326 g/mol. The Labute approximate surface area is 130 Å². The average Bonchev–Trinajstić information content (AvgIpc) is 2.82. The van der Waals surface area contributed by atoms with Gasteiger partial charge in [0.2, 0.25) is 15.9 Å². The Morgan fingerprint density at radius 1 is 1.55 bits per heavy atom. The summed E-state index contributed by atoms with van der Waals surface area (Å²) in [5.41, 5.74) is -0.131. The standard InChI is InChI=1S/C15H22N2O4S/c1-2-8-22(19,20)17-6-5-15(11-17)9-13(15)14(18)16-10-12-4-3-7-21-12/h3-4,7,13H,2,5-6,8-11H2,1H3,(H,16,18)/t13-,15-/m1/s1. The van der Waals surface area contributed by atoms with Crippen molar-refractivity contribution in [3.8, 4) is 0 Å². The minimum absolute atomic E-state index is 0.00568. The zero-order valence-electron chi connectivity index (χ0n) is 12.7. The highest BCUT2D eigenvalue weighted by Gasteiger charge is 2.61. The highest BCUT2D eigenvalue weighted by atomic mass is 32.2. The van der Waals surface area contributed by atoms with E-state index in [9.17, 15) is 13.2 Å². The van der Waals surface area contributed by atoms with E-state index in [2.05, 4.69) is 5.32 Å². The molecule has 1 aliphatic carbocycles. The predicted octanol–water partition coefficient (Wildman–Crippen LogP) is 1.35. The summed E-state index contributed by atoms with van der Waals surface area (Å²) in [7, 11) is -3.15. The summed E-state index contributed by atoms with van der Waals surface area (Å²) < 4.78 is 31.0. The summed E-state index contributed by atoms with van der Waals surface area (Å²) >= 11 is 0. The molecule has 22 heavy (non-hydrogen) atoms. The van der Waals surface area contributed by atoms with E-state index in [1.165, 1.54) is 0 Å². The molecule has 2 fully saturated rings. The summed E-state index contributed by atoms with van der Waals surface area (Å²) in [6.45, 7) is 3.29. The second-order valence-electron chi connectivity index (χ2n) is 6.32. The molecule has 7 heteroatoms. The first-order chi connectivity index (χ1) is 10.5. The van der Waals surface area contributed by atoms with Crippen LogP contribution in [-0.2, 0) is 21.4 Å². The number of hydrogen-bond donors (Lipinski definition) is 1. The van der Waals surface area contributed by atoms with Crippen molar-refractivity contribution in [3.05, 3.63) is 24.2 Å². The summed E-state index contributed by atoms with van der Waals surface area (Å²) in [5, 5.41) is 2.88. The summed E-state index contributed by atoms with van der Waals surface area (Å²) in [5.74, 6) is 0.857. The Bertz CT molecular complexity index is 641. The fourth-order valence-corrected chi connectivity index (χ4v) is 4.96. The van der Waals surface area contributed by atoms with Crippen molar-refractivity contribution in [1.29, 1.82) is 0 Å². The van der Waals surface area contributed by atoms with Crippen LogP contribution in [-0.4, -0.2) is 37.5 Å². The van der Waals surface area contributed by atoms with Crippen LogP contribution in [0.4, 0.5) is 0 Å². The van der Waals surface area contributed by atoms with Gasteiger partial charge in [0, 0.05) is 19.0 Å². The molecule has 1 N–H and O–H groups in total. The van der Waals surface area contributed by atoms with E-state index in [4.69, 9.17) is 4.42 Å². The van der Waals surface area contributed by atoms with Gasteiger partial charge in [-0.1, -0.05) is 6.92 Å². The first-order valence-electron chi connectivity index (χ1n) is 7.75. The topological polar surface area (TPSA) is 79.6 Å². The molecule has 2 atom stereocenters. The fourth-order valence-electron chi connectivity index (χ4n) is 3.36. The Kier molecular flexibility index (Phi) is 4.03. The highest BCUT2D eigenvalue weighted by Crippen LogP contribution is 2.58. The van der Waals surface area contributed by atoms with Gasteiger partial charge in [0.05, 0.1) is 18.6 Å². The minimum Gasteiger partial charge on any atom is -0.467 e. The van der Waals surface area contributed by atoms with Gasteiger partial charge >= 0.3 is 0 Å². The zero-order chi connectivity index (χ0) is 15.8. The lowest BCUT2D eigenvalue weighted by Gasteiger charge is -2.16. The SMILES string of the molecule is CCCS(=O)(=O)N1CC[C@@]2(C[C@@H]2C(=O)NCc2ccco2)C1. The second kappa shape index (κ2) is 5.70. The third-order valence-corrected chi connectivity index (χ3v) is 6.75. The van der Waals surface area contributed by atoms with Crippen LogP contribution in [0.25, 0.3) is 0 Å². The van der Waals surface area contributed by atoms with Crippen LogP contribution in [0.1, 0.15) is 31.9 Å².